The molecule has 1 saturated carbocycles. The molecule has 1 aliphatic heterocycles. The summed E-state index contributed by atoms with van der Waals surface area (Å²) in [7, 11) is 0. The molecule has 0 saturated heterocycles. The van der Waals surface area contributed by atoms with E-state index in [0.717, 1.165) is 37.3 Å². The first-order valence-electron chi connectivity index (χ1n) is 12.6. The maximum Gasteiger partial charge on any atom is 0.404 e. The number of hydrogen-bond acceptors (Lipinski definition) is 3. The molecule has 11 heteroatoms. The van der Waals surface area contributed by atoms with Crippen molar-refractivity contribution in [3.63, 3.8) is 0 Å². The molecule has 3 unspecified atom stereocenters. The van der Waals surface area contributed by atoms with Crippen LogP contribution in [0.4, 0.5) is 17.6 Å². The van der Waals surface area contributed by atoms with E-state index in [1.54, 1.807) is 0 Å². The van der Waals surface area contributed by atoms with Crippen LogP contribution in [0.15, 0.2) is 39.8 Å². The van der Waals surface area contributed by atoms with Crippen molar-refractivity contribution >= 4 is 62.9 Å². The maximum absolute atomic E-state index is 15.3. The second kappa shape index (κ2) is 11.5. The van der Waals surface area contributed by atoms with Crippen LogP contribution in [0.1, 0.15) is 57.2 Å². The van der Waals surface area contributed by atoms with Crippen molar-refractivity contribution in [3.8, 4) is 0 Å². The van der Waals surface area contributed by atoms with Crippen LogP contribution in [-0.4, -0.2) is 24.5 Å². The minimum atomic E-state index is -5.01. The van der Waals surface area contributed by atoms with Crippen LogP contribution in [0.3, 0.4) is 0 Å². The topological polar surface area (TPSA) is 38.7 Å². The molecule has 3 nitrogen and oxygen atoms in total. The van der Waals surface area contributed by atoms with Gasteiger partial charge < -0.3 is 4.74 Å². The SMILES string of the molecule is CC(C)C1CC[C@H](C)C[C@@H]1OC(=O)C1[C@H](c2ccc(F)c(Br)c2)N=CC1(c1cc(Cl)c(Cl)c(Cl)c1)C(F)(F)F. The van der Waals surface area contributed by atoms with Crippen LogP contribution in [0.5, 0.6) is 0 Å². The fourth-order valence-electron chi connectivity index (χ4n) is 5.84. The lowest BCUT2D eigenvalue weighted by molar-refractivity contribution is -0.197. The molecule has 0 spiro atoms. The molecule has 212 valence electrons. The van der Waals surface area contributed by atoms with Crippen molar-refractivity contribution in [1.82, 2.24) is 0 Å². The lowest BCUT2D eigenvalue weighted by atomic mass is 9.68. The van der Waals surface area contributed by atoms with Crippen LogP contribution in [0, 0.1) is 29.5 Å². The number of rotatable bonds is 5. The molecule has 1 fully saturated rings. The highest BCUT2D eigenvalue weighted by Gasteiger charge is 2.67. The smallest absolute Gasteiger partial charge is 0.404 e. The second-order valence-corrected chi connectivity index (χ2v) is 12.8. The zero-order valence-corrected chi connectivity index (χ0v) is 25.2. The van der Waals surface area contributed by atoms with E-state index < -0.39 is 41.4 Å². The third-order valence-corrected chi connectivity index (χ3v) is 9.75. The highest BCUT2D eigenvalue weighted by molar-refractivity contribution is 9.10. The molecule has 0 aromatic heterocycles. The second-order valence-electron chi connectivity index (χ2n) is 10.8. The molecular weight excluding hydrogens is 645 g/mol. The summed E-state index contributed by atoms with van der Waals surface area (Å²) in [5, 5.41) is -0.502. The Morgan fingerprint density at radius 3 is 2.33 bits per heavy atom. The summed E-state index contributed by atoms with van der Waals surface area (Å²) in [6, 6.07) is 4.54. The fourth-order valence-corrected chi connectivity index (χ4v) is 6.83. The summed E-state index contributed by atoms with van der Waals surface area (Å²) in [6.07, 6.45) is -2.54. The quantitative estimate of drug-likeness (QED) is 0.180. The Labute approximate surface area is 248 Å². The van der Waals surface area contributed by atoms with Crippen molar-refractivity contribution < 1.29 is 27.1 Å². The van der Waals surface area contributed by atoms with E-state index in [1.807, 2.05) is 20.8 Å². The van der Waals surface area contributed by atoms with Crippen molar-refractivity contribution in [2.75, 3.05) is 0 Å². The lowest BCUT2D eigenvalue weighted by Gasteiger charge is -2.40. The average Bonchev–Trinajstić information content (AvgIpc) is 3.26. The molecule has 2 aromatic rings. The van der Waals surface area contributed by atoms with E-state index in [2.05, 4.69) is 20.9 Å². The number of nitrogens with zero attached hydrogens (tertiary/aromatic N) is 1. The number of alkyl halides is 3. The molecule has 1 heterocycles. The van der Waals surface area contributed by atoms with Gasteiger partial charge in [0.05, 0.1) is 25.6 Å². The van der Waals surface area contributed by atoms with Gasteiger partial charge in [0.25, 0.3) is 0 Å². The van der Waals surface area contributed by atoms with Gasteiger partial charge in [-0.1, -0.05) is 68.1 Å². The van der Waals surface area contributed by atoms with Gasteiger partial charge in [-0.2, -0.15) is 13.2 Å². The maximum atomic E-state index is 15.3. The number of halogens is 8. The van der Waals surface area contributed by atoms with Gasteiger partial charge in [0, 0.05) is 6.21 Å². The summed E-state index contributed by atoms with van der Waals surface area (Å²) in [6.45, 7) is 6.06. The van der Waals surface area contributed by atoms with Gasteiger partial charge in [-0.15, -0.1) is 0 Å². The van der Waals surface area contributed by atoms with Crippen LogP contribution < -0.4 is 0 Å². The summed E-state index contributed by atoms with van der Waals surface area (Å²) < 4.78 is 65.9. The third kappa shape index (κ3) is 5.73. The van der Waals surface area contributed by atoms with Crippen molar-refractivity contribution in [3.05, 3.63) is 66.8 Å². The van der Waals surface area contributed by atoms with Gasteiger partial charge in [-0.05, 0) is 81.9 Å². The monoisotopic (exact) mass is 669 g/mol. The van der Waals surface area contributed by atoms with Gasteiger partial charge in [0.1, 0.15) is 23.3 Å². The fraction of sp³-hybridized carbons (Fsp3) is 0.500. The number of ether oxygens (including phenoxy) is 1. The molecule has 0 radical (unpaired) electrons. The van der Waals surface area contributed by atoms with E-state index >= 15 is 13.2 Å². The van der Waals surface area contributed by atoms with E-state index in [1.165, 1.54) is 12.1 Å². The summed E-state index contributed by atoms with van der Waals surface area (Å²) in [5.41, 5.74) is -3.10. The Hall–Kier alpha value is -1.35. The average molecular weight is 672 g/mol. The normalized spacial score (nSPS) is 29.2. The van der Waals surface area contributed by atoms with Gasteiger partial charge >= 0.3 is 12.1 Å². The Morgan fingerprint density at radius 2 is 1.77 bits per heavy atom. The summed E-state index contributed by atoms with van der Waals surface area (Å²) >= 11 is 21.5. The van der Waals surface area contributed by atoms with Crippen molar-refractivity contribution in [2.24, 2.45) is 28.7 Å². The Morgan fingerprint density at radius 1 is 1.13 bits per heavy atom. The standard InChI is InChI=1S/C28H27BrCl3F4NO2/c1-13(2)17-6-4-14(3)8-22(17)39-26(38)23-25(15-5-7-21(33)18(29)9-15)37-12-27(23,28(34,35)36)16-10-19(30)24(32)20(31)11-16/h5,7,9-14,17,22-23,25H,4,6,8H2,1-3H3/t14-,17?,22-,23?,25-,27?/m0/s1. The first kappa shape index (κ1) is 30.6. The van der Waals surface area contributed by atoms with Crippen LogP contribution in [0.25, 0.3) is 0 Å². The summed E-state index contributed by atoms with van der Waals surface area (Å²) in [4.78, 5) is 18.2. The predicted molar refractivity (Wildman–Crippen MR) is 149 cm³/mol. The Kier molecular flexibility index (Phi) is 9.02. The predicted octanol–water partition coefficient (Wildman–Crippen LogP) is 9.79. The highest BCUT2D eigenvalue weighted by atomic mass is 79.9. The number of aliphatic imine (C=N–C) groups is 1. The van der Waals surface area contributed by atoms with E-state index in [-0.39, 0.29) is 48.4 Å². The number of hydrogen-bond donors (Lipinski definition) is 0. The van der Waals surface area contributed by atoms with Gasteiger partial charge in [-0.3, -0.25) is 9.79 Å². The molecular formula is C28H27BrCl3F4NO2. The molecule has 0 amide bonds. The number of esters is 1. The zero-order valence-electron chi connectivity index (χ0n) is 21.3. The molecule has 0 N–H and O–H groups in total. The number of carbonyl (C=O) groups is 1. The van der Waals surface area contributed by atoms with Crippen LogP contribution in [-0.2, 0) is 14.9 Å². The van der Waals surface area contributed by atoms with Crippen molar-refractivity contribution in [2.45, 2.75) is 63.8 Å². The minimum Gasteiger partial charge on any atom is -0.462 e. The van der Waals surface area contributed by atoms with E-state index in [9.17, 15) is 9.18 Å². The third-order valence-electron chi connectivity index (χ3n) is 7.94. The first-order valence-corrected chi connectivity index (χ1v) is 14.5. The first-order chi connectivity index (χ1) is 18.2. The van der Waals surface area contributed by atoms with Crippen LogP contribution >= 0.6 is 50.7 Å². The molecule has 39 heavy (non-hydrogen) atoms. The van der Waals surface area contributed by atoms with Gasteiger partial charge in [0.2, 0.25) is 0 Å². The van der Waals surface area contributed by atoms with Gasteiger partial charge in [-0.25, -0.2) is 4.39 Å². The lowest BCUT2D eigenvalue weighted by Crippen LogP contribution is -2.53. The number of carbonyl (C=O) groups excluding carboxylic acids is 1. The van der Waals surface area contributed by atoms with Crippen LogP contribution in [0.2, 0.25) is 15.1 Å². The largest absolute Gasteiger partial charge is 0.462 e. The van der Waals surface area contributed by atoms with E-state index in [4.69, 9.17) is 39.5 Å². The van der Waals surface area contributed by atoms with Gasteiger partial charge in [0.15, 0.2) is 0 Å². The Bertz CT molecular complexity index is 1260. The van der Waals surface area contributed by atoms with E-state index in [0.29, 0.717) is 6.42 Å². The minimum absolute atomic E-state index is 0.00518. The zero-order chi connectivity index (χ0) is 28.9. The Balaban J connectivity index is 1.88. The summed E-state index contributed by atoms with van der Waals surface area (Å²) in [5.74, 6) is -3.09. The molecule has 4 rings (SSSR count). The molecule has 6 atom stereocenters. The molecule has 1 aliphatic carbocycles. The highest BCUT2D eigenvalue weighted by Crippen LogP contribution is 2.56. The molecule has 2 aromatic carbocycles. The molecule has 2 aliphatic rings. The number of benzene rings is 2. The molecule has 0 bridgehead atoms. The van der Waals surface area contributed by atoms with Crippen molar-refractivity contribution in [1.29, 1.82) is 0 Å².